The molecule has 1 aliphatic heterocycles. The molecule has 35 heavy (non-hydrogen) atoms. The van der Waals surface area contributed by atoms with Crippen molar-refractivity contribution in [2.45, 2.75) is 42.9 Å². The number of hydrogen-bond donors (Lipinski definition) is 1. The van der Waals surface area contributed by atoms with Crippen LogP contribution in [0.5, 0.6) is 0 Å². The highest BCUT2D eigenvalue weighted by atomic mass is 35.5. The number of thiophene rings is 1. The first kappa shape index (κ1) is 25.7. The summed E-state index contributed by atoms with van der Waals surface area (Å²) in [6, 6.07) is 9.00. The third-order valence-corrected chi connectivity index (χ3v) is 8.88. The number of alkyl halides is 3. The van der Waals surface area contributed by atoms with Gasteiger partial charge in [0, 0.05) is 30.0 Å². The molecule has 0 saturated carbocycles. The molecule has 13 heteroatoms. The van der Waals surface area contributed by atoms with Crippen LogP contribution in [0.3, 0.4) is 0 Å². The van der Waals surface area contributed by atoms with Gasteiger partial charge in [0.1, 0.15) is 6.04 Å². The van der Waals surface area contributed by atoms with Crippen LogP contribution in [0.15, 0.2) is 47.4 Å². The van der Waals surface area contributed by atoms with E-state index in [4.69, 9.17) is 11.6 Å². The van der Waals surface area contributed by atoms with Crippen LogP contribution in [0.4, 0.5) is 13.2 Å². The fourth-order valence-electron chi connectivity index (χ4n) is 3.89. The number of nitrogens with zero attached hydrogens (tertiary/aromatic N) is 3. The van der Waals surface area contributed by atoms with E-state index < -0.39 is 27.9 Å². The molecule has 1 unspecified atom stereocenters. The van der Waals surface area contributed by atoms with Crippen molar-refractivity contribution in [3.8, 4) is 10.6 Å². The van der Waals surface area contributed by atoms with E-state index in [0.717, 1.165) is 32.8 Å². The lowest BCUT2D eigenvalue weighted by Gasteiger charge is -2.28. The van der Waals surface area contributed by atoms with Crippen LogP contribution >= 0.6 is 22.9 Å². The van der Waals surface area contributed by atoms with Gasteiger partial charge in [-0.15, -0.1) is 11.3 Å². The van der Waals surface area contributed by atoms with Gasteiger partial charge in [-0.3, -0.25) is 9.48 Å². The predicted octanol–water partition coefficient (Wildman–Crippen LogP) is 4.68. The number of rotatable bonds is 6. The number of benzene rings is 1. The first-order chi connectivity index (χ1) is 16.5. The molecular weight excluding hydrogens is 525 g/mol. The van der Waals surface area contributed by atoms with Crippen LogP contribution in [0.25, 0.3) is 10.6 Å². The van der Waals surface area contributed by atoms with Crippen molar-refractivity contribution >= 4 is 38.9 Å². The Labute approximate surface area is 209 Å². The summed E-state index contributed by atoms with van der Waals surface area (Å²) in [5.74, 6) is -0.377. The number of nitrogens with one attached hydrogen (secondary N) is 1. The maximum atomic E-state index is 13.6. The van der Waals surface area contributed by atoms with Crippen LogP contribution in [-0.4, -0.2) is 41.0 Å². The molecule has 4 rings (SSSR count). The lowest BCUT2D eigenvalue weighted by molar-refractivity contribution is -0.141. The van der Waals surface area contributed by atoms with Gasteiger partial charge in [0.15, 0.2) is 5.69 Å². The minimum atomic E-state index is -4.58. The number of carbonyl (C=O) groups excluding carboxylic acids is 1. The van der Waals surface area contributed by atoms with E-state index in [9.17, 15) is 26.4 Å². The Hall–Kier alpha value is -2.41. The van der Waals surface area contributed by atoms with Crippen molar-refractivity contribution in [1.29, 1.82) is 0 Å². The molecule has 0 aliphatic carbocycles. The van der Waals surface area contributed by atoms with E-state index in [0.29, 0.717) is 34.2 Å². The largest absolute Gasteiger partial charge is 0.435 e. The third kappa shape index (κ3) is 5.55. The van der Waals surface area contributed by atoms with E-state index >= 15 is 0 Å². The Morgan fingerprint density at radius 3 is 2.57 bits per heavy atom. The molecule has 1 saturated heterocycles. The van der Waals surface area contributed by atoms with Crippen LogP contribution in [0.2, 0.25) is 5.02 Å². The molecule has 1 N–H and O–H groups in total. The van der Waals surface area contributed by atoms with Crippen LogP contribution in [0, 0.1) is 0 Å². The van der Waals surface area contributed by atoms with Crippen molar-refractivity contribution in [1.82, 2.24) is 19.4 Å². The molecule has 0 spiro atoms. The van der Waals surface area contributed by atoms with Crippen molar-refractivity contribution in [3.63, 3.8) is 0 Å². The zero-order valence-corrected chi connectivity index (χ0v) is 20.9. The second-order valence-corrected chi connectivity index (χ2v) is 11.6. The lowest BCUT2D eigenvalue weighted by Crippen LogP contribution is -2.48. The molecular formula is C22H22ClF3N4O3S2. The highest BCUT2D eigenvalue weighted by Gasteiger charge is 2.37. The number of halogens is 4. The van der Waals surface area contributed by atoms with E-state index in [1.54, 1.807) is 12.1 Å². The van der Waals surface area contributed by atoms with Gasteiger partial charge in [0.2, 0.25) is 15.9 Å². The van der Waals surface area contributed by atoms with E-state index in [1.165, 1.54) is 31.3 Å². The minimum absolute atomic E-state index is 0.00261. The van der Waals surface area contributed by atoms with E-state index in [1.807, 2.05) is 0 Å². The van der Waals surface area contributed by atoms with Gasteiger partial charge in [0.25, 0.3) is 0 Å². The van der Waals surface area contributed by atoms with Crippen molar-refractivity contribution in [3.05, 3.63) is 58.1 Å². The van der Waals surface area contributed by atoms with Crippen LogP contribution in [0.1, 0.15) is 29.8 Å². The monoisotopic (exact) mass is 546 g/mol. The second kappa shape index (κ2) is 9.92. The highest BCUT2D eigenvalue weighted by molar-refractivity contribution is 7.89. The fraction of sp³-hybridized carbons (Fsp3) is 0.364. The Morgan fingerprint density at radius 2 is 1.91 bits per heavy atom. The summed E-state index contributed by atoms with van der Waals surface area (Å²) in [4.78, 5) is 13.9. The third-order valence-electron chi connectivity index (χ3n) is 5.67. The molecule has 0 bridgehead atoms. The molecule has 1 aliphatic rings. The zero-order valence-electron chi connectivity index (χ0n) is 18.5. The first-order valence-corrected chi connectivity index (χ1v) is 13.4. The van der Waals surface area contributed by atoms with E-state index in [-0.39, 0.29) is 23.0 Å². The molecule has 2 aromatic heterocycles. The van der Waals surface area contributed by atoms with Gasteiger partial charge in [-0.05, 0) is 61.7 Å². The molecule has 1 atom stereocenters. The molecule has 1 fully saturated rings. The molecule has 3 heterocycles. The van der Waals surface area contributed by atoms with Gasteiger partial charge in [-0.1, -0.05) is 11.6 Å². The number of carbonyl (C=O) groups is 1. The Morgan fingerprint density at radius 1 is 1.20 bits per heavy atom. The van der Waals surface area contributed by atoms with Gasteiger partial charge in [0.05, 0.1) is 15.5 Å². The molecule has 0 radical (unpaired) electrons. The normalized spacial score (nSPS) is 17.4. The smallest absolute Gasteiger partial charge is 0.355 e. The summed E-state index contributed by atoms with van der Waals surface area (Å²) in [6.07, 6.45) is -2.82. The zero-order chi connectivity index (χ0) is 25.4. The SMILES string of the molecule is Cn1nc(C(F)(F)F)cc1-c1ccc(CN(C2CCCCNC2=O)S(=O)(=O)c2ccc(Cl)cc2)s1. The maximum Gasteiger partial charge on any atom is 0.435 e. The van der Waals surface area contributed by atoms with E-state index in [2.05, 4.69) is 10.4 Å². The highest BCUT2D eigenvalue weighted by Crippen LogP contribution is 2.35. The van der Waals surface area contributed by atoms with Gasteiger partial charge < -0.3 is 5.32 Å². The quantitative estimate of drug-likeness (QED) is 0.486. The Bertz CT molecular complexity index is 1320. The molecule has 7 nitrogen and oxygen atoms in total. The summed E-state index contributed by atoms with van der Waals surface area (Å²) in [5.41, 5.74) is -0.750. The minimum Gasteiger partial charge on any atom is -0.355 e. The average Bonchev–Trinajstić information content (AvgIpc) is 3.35. The van der Waals surface area contributed by atoms with Crippen molar-refractivity contribution in [2.24, 2.45) is 7.05 Å². The van der Waals surface area contributed by atoms with Crippen molar-refractivity contribution < 1.29 is 26.4 Å². The van der Waals surface area contributed by atoms with Crippen LogP contribution in [-0.2, 0) is 34.6 Å². The maximum absolute atomic E-state index is 13.6. The average molecular weight is 547 g/mol. The van der Waals surface area contributed by atoms with Gasteiger partial charge in [-0.25, -0.2) is 8.42 Å². The second-order valence-electron chi connectivity index (χ2n) is 8.11. The molecule has 188 valence electrons. The fourth-order valence-corrected chi connectivity index (χ4v) is 6.75. The number of hydrogen-bond acceptors (Lipinski definition) is 5. The topological polar surface area (TPSA) is 84.3 Å². The summed E-state index contributed by atoms with van der Waals surface area (Å²) in [7, 11) is -2.68. The predicted molar refractivity (Wildman–Crippen MR) is 126 cm³/mol. The van der Waals surface area contributed by atoms with Crippen molar-refractivity contribution in [2.75, 3.05) is 6.54 Å². The number of sulfonamides is 1. The Kier molecular flexibility index (Phi) is 7.28. The first-order valence-electron chi connectivity index (χ1n) is 10.7. The lowest BCUT2D eigenvalue weighted by atomic mass is 10.1. The summed E-state index contributed by atoms with van der Waals surface area (Å²) < 4.78 is 68.8. The summed E-state index contributed by atoms with van der Waals surface area (Å²) >= 11 is 7.07. The number of amides is 1. The summed E-state index contributed by atoms with van der Waals surface area (Å²) in [5, 5.41) is 6.68. The standard InChI is InChI=1S/C22H22ClF3N4O3S2/c1-29-18(12-20(28-29)22(24,25)26)19-10-7-15(34-19)13-30(17-4-2-3-11-27-21(17)31)35(32,33)16-8-5-14(23)6-9-16/h5-10,12,17H,2-4,11,13H2,1H3,(H,27,31). The molecule has 1 amide bonds. The number of aromatic nitrogens is 2. The van der Waals surface area contributed by atoms with Gasteiger partial charge in [-0.2, -0.15) is 22.6 Å². The Balaban J connectivity index is 1.69. The molecule has 1 aromatic carbocycles. The summed E-state index contributed by atoms with van der Waals surface area (Å²) in [6.45, 7) is 0.354. The van der Waals surface area contributed by atoms with Crippen LogP contribution < -0.4 is 5.32 Å². The molecule has 3 aromatic rings. The van der Waals surface area contributed by atoms with Gasteiger partial charge >= 0.3 is 6.18 Å². The number of aryl methyl sites for hydroxylation is 1.